The number of carbonyl (C=O) groups excluding carboxylic acids is 2. The number of hydrogen-bond donors (Lipinski definition) is 4. The summed E-state index contributed by atoms with van der Waals surface area (Å²) < 4.78 is 1.03. The number of halogens is 2. The molecule has 0 spiro atoms. The first kappa shape index (κ1) is 21.9. The van der Waals surface area contributed by atoms with Crippen LogP contribution in [-0.4, -0.2) is 55.1 Å². The molecule has 2 aromatic rings. The van der Waals surface area contributed by atoms with E-state index in [0.717, 1.165) is 24.3 Å². The quantitative estimate of drug-likeness (QED) is 0.322. The van der Waals surface area contributed by atoms with Gasteiger partial charge in [0.25, 0.3) is 11.2 Å². The molecule has 2 rings (SSSR count). The topological polar surface area (TPSA) is 149 Å². The third-order valence-corrected chi connectivity index (χ3v) is 5.07. The molecular formula is C18H12Br2O8. The highest BCUT2D eigenvalue weighted by Crippen LogP contribution is 2.32. The lowest BCUT2D eigenvalue weighted by Crippen LogP contribution is -2.71. The Bertz CT molecular complexity index is 875. The fraction of sp³-hybridized carbons (Fsp3) is 0.111. The van der Waals surface area contributed by atoms with Crippen molar-refractivity contribution < 1.29 is 39.6 Å². The first-order chi connectivity index (χ1) is 13.0. The summed E-state index contributed by atoms with van der Waals surface area (Å²) in [6.45, 7) is 0. The molecule has 2 unspecified atom stereocenters. The molecule has 0 aliphatic rings. The van der Waals surface area contributed by atoms with E-state index in [0.29, 0.717) is 8.95 Å². The molecule has 28 heavy (non-hydrogen) atoms. The highest BCUT2D eigenvalue weighted by atomic mass is 79.9. The first-order valence-electron chi connectivity index (χ1n) is 7.48. The van der Waals surface area contributed by atoms with Crippen LogP contribution >= 0.6 is 31.9 Å². The normalized spacial score (nSPS) is 15.1. The minimum atomic E-state index is -3.99. The van der Waals surface area contributed by atoms with E-state index in [4.69, 9.17) is 0 Å². The first-order valence-corrected chi connectivity index (χ1v) is 9.07. The Labute approximate surface area is 174 Å². The molecule has 8 nitrogen and oxygen atoms in total. The highest BCUT2D eigenvalue weighted by Gasteiger charge is 2.69. The maximum atomic E-state index is 12.7. The van der Waals surface area contributed by atoms with Gasteiger partial charge in [0.1, 0.15) is 0 Å². The summed E-state index contributed by atoms with van der Waals surface area (Å²) in [5, 5.41) is 40.2. The minimum Gasteiger partial charge on any atom is -0.479 e. The molecule has 2 atom stereocenters. The van der Waals surface area contributed by atoms with Gasteiger partial charge < -0.3 is 20.4 Å². The van der Waals surface area contributed by atoms with Crippen LogP contribution in [0.15, 0.2) is 57.5 Å². The Balaban J connectivity index is 2.69. The van der Waals surface area contributed by atoms with Gasteiger partial charge in [-0.15, -0.1) is 0 Å². The van der Waals surface area contributed by atoms with E-state index in [1.165, 1.54) is 24.3 Å². The maximum absolute atomic E-state index is 12.7. The van der Waals surface area contributed by atoms with Gasteiger partial charge in [0.05, 0.1) is 0 Å². The fourth-order valence-corrected chi connectivity index (χ4v) is 2.98. The number of hydrogen-bond acceptors (Lipinski definition) is 6. The largest absolute Gasteiger partial charge is 0.479 e. The van der Waals surface area contributed by atoms with Crippen molar-refractivity contribution in [2.75, 3.05) is 0 Å². The van der Waals surface area contributed by atoms with E-state index in [-0.39, 0.29) is 0 Å². The van der Waals surface area contributed by atoms with Gasteiger partial charge in [-0.2, -0.15) is 0 Å². The zero-order chi connectivity index (χ0) is 21.3. The summed E-state index contributed by atoms with van der Waals surface area (Å²) in [4.78, 5) is 49.0. The van der Waals surface area contributed by atoms with Gasteiger partial charge in [0, 0.05) is 20.1 Å². The zero-order valence-corrected chi connectivity index (χ0v) is 17.0. The average Bonchev–Trinajstić information content (AvgIpc) is 2.66. The second-order valence-corrected chi connectivity index (χ2v) is 7.53. The van der Waals surface area contributed by atoms with Crippen LogP contribution in [-0.2, 0) is 9.59 Å². The van der Waals surface area contributed by atoms with Crippen LogP contribution in [0.25, 0.3) is 0 Å². The predicted molar refractivity (Wildman–Crippen MR) is 102 cm³/mol. The van der Waals surface area contributed by atoms with Gasteiger partial charge in [-0.3, -0.25) is 9.59 Å². The van der Waals surface area contributed by atoms with Crippen molar-refractivity contribution in [1.82, 2.24) is 0 Å². The second-order valence-electron chi connectivity index (χ2n) is 5.70. The van der Waals surface area contributed by atoms with Crippen molar-refractivity contribution >= 4 is 55.4 Å². The Morgan fingerprint density at radius 3 is 1.07 bits per heavy atom. The smallest absolute Gasteiger partial charge is 0.348 e. The van der Waals surface area contributed by atoms with Crippen LogP contribution in [0.1, 0.15) is 20.7 Å². The van der Waals surface area contributed by atoms with Crippen molar-refractivity contribution in [2.24, 2.45) is 0 Å². The molecule has 0 radical (unpaired) electrons. The molecule has 0 aliphatic carbocycles. The zero-order valence-electron chi connectivity index (χ0n) is 13.8. The lowest BCUT2D eigenvalue weighted by molar-refractivity contribution is -0.187. The van der Waals surface area contributed by atoms with Crippen molar-refractivity contribution in [3.05, 3.63) is 68.6 Å². The Morgan fingerprint density at radius 1 is 0.607 bits per heavy atom. The van der Waals surface area contributed by atoms with Crippen LogP contribution in [0.5, 0.6) is 0 Å². The predicted octanol–water partition coefficient (Wildman–Crippen LogP) is 1.91. The molecule has 0 amide bonds. The molecule has 4 N–H and O–H groups in total. The molecule has 2 aromatic carbocycles. The van der Waals surface area contributed by atoms with Crippen LogP contribution in [0.4, 0.5) is 0 Å². The van der Waals surface area contributed by atoms with E-state index in [2.05, 4.69) is 31.9 Å². The van der Waals surface area contributed by atoms with Gasteiger partial charge in [0.2, 0.25) is 11.6 Å². The van der Waals surface area contributed by atoms with Crippen LogP contribution in [0, 0.1) is 0 Å². The number of aliphatic carboxylic acids is 2. The average molecular weight is 516 g/mol. The van der Waals surface area contributed by atoms with E-state index in [1.807, 2.05) is 0 Å². The molecule has 0 saturated carbocycles. The molecule has 0 heterocycles. The molecule has 146 valence electrons. The van der Waals surface area contributed by atoms with Crippen molar-refractivity contribution in [2.45, 2.75) is 11.2 Å². The number of carbonyl (C=O) groups is 4. The summed E-state index contributed by atoms with van der Waals surface area (Å²) in [6.07, 6.45) is 0. The Morgan fingerprint density at radius 2 is 0.857 bits per heavy atom. The summed E-state index contributed by atoms with van der Waals surface area (Å²) in [5.41, 5.74) is -8.82. The number of carboxylic acids is 2. The molecule has 0 aromatic heterocycles. The van der Waals surface area contributed by atoms with Crippen LogP contribution in [0.2, 0.25) is 0 Å². The van der Waals surface area contributed by atoms with Gasteiger partial charge in [0.15, 0.2) is 0 Å². The summed E-state index contributed by atoms with van der Waals surface area (Å²) >= 11 is 6.21. The monoisotopic (exact) mass is 514 g/mol. The molecular weight excluding hydrogens is 504 g/mol. The molecule has 0 fully saturated rings. The number of benzene rings is 2. The summed E-state index contributed by atoms with van der Waals surface area (Å²) in [6, 6.07) is 9.77. The maximum Gasteiger partial charge on any atom is 0.348 e. The highest BCUT2D eigenvalue weighted by molar-refractivity contribution is 9.10. The Kier molecular flexibility index (Phi) is 6.19. The number of ketones is 2. The number of Topliss-reactive ketones (excluding diaryl/α,β-unsaturated/α-hetero) is 2. The van der Waals surface area contributed by atoms with Gasteiger partial charge in [-0.25, -0.2) is 9.59 Å². The summed E-state index contributed by atoms with van der Waals surface area (Å²) in [7, 11) is 0. The number of rotatable bonds is 7. The summed E-state index contributed by atoms with van der Waals surface area (Å²) in [5.74, 6) is -8.11. The van der Waals surface area contributed by atoms with E-state index < -0.39 is 45.8 Å². The van der Waals surface area contributed by atoms with Crippen LogP contribution < -0.4 is 0 Å². The van der Waals surface area contributed by atoms with E-state index >= 15 is 0 Å². The molecule has 0 aliphatic heterocycles. The van der Waals surface area contributed by atoms with Crippen molar-refractivity contribution in [3.63, 3.8) is 0 Å². The third kappa shape index (κ3) is 3.51. The second kappa shape index (κ2) is 7.92. The minimum absolute atomic E-state index is 0.420. The van der Waals surface area contributed by atoms with Crippen molar-refractivity contribution in [1.29, 1.82) is 0 Å². The van der Waals surface area contributed by atoms with E-state index in [1.54, 1.807) is 0 Å². The SMILES string of the molecule is O=C(O)C(O)(C(=O)c1ccc(Br)cc1)C(O)(C(=O)O)C(=O)c1ccc(Br)cc1. The van der Waals surface area contributed by atoms with Crippen LogP contribution in [0.3, 0.4) is 0 Å². The third-order valence-electron chi connectivity index (χ3n) is 4.01. The standard InChI is InChI=1S/C18H12Br2O8/c19-11-5-1-9(2-6-11)13(21)17(27,15(23)24)18(28,16(25)26)14(22)10-3-7-12(20)8-4-10/h1-8,27-28H,(H,23,24)(H,25,26). The number of carboxylic acid groups (broad SMARTS) is 2. The fourth-order valence-electron chi connectivity index (χ4n) is 2.45. The molecule has 0 bridgehead atoms. The van der Waals surface area contributed by atoms with Gasteiger partial charge in [-0.1, -0.05) is 56.1 Å². The molecule has 10 heteroatoms. The Hall–Kier alpha value is -2.40. The lowest BCUT2D eigenvalue weighted by Gasteiger charge is -2.34. The van der Waals surface area contributed by atoms with Gasteiger partial charge in [-0.05, 0) is 24.3 Å². The number of aliphatic hydroxyl groups is 2. The van der Waals surface area contributed by atoms with Crippen molar-refractivity contribution in [3.8, 4) is 0 Å². The molecule has 0 saturated heterocycles. The lowest BCUT2D eigenvalue weighted by atomic mass is 9.73. The van der Waals surface area contributed by atoms with Gasteiger partial charge >= 0.3 is 11.9 Å². The van der Waals surface area contributed by atoms with E-state index in [9.17, 15) is 39.6 Å².